The van der Waals surface area contributed by atoms with Crippen molar-refractivity contribution in [2.24, 2.45) is 0 Å². The molecule has 3 rings (SSSR count). The van der Waals surface area contributed by atoms with E-state index < -0.39 is 53.3 Å². The Balaban J connectivity index is 1.69. The second kappa shape index (κ2) is 7.06. The van der Waals surface area contributed by atoms with Crippen molar-refractivity contribution >= 4 is 28.5 Å². The first-order valence-electron chi connectivity index (χ1n) is 7.26. The number of anilines is 1. The second-order valence-corrected chi connectivity index (χ2v) is 5.22. The van der Waals surface area contributed by atoms with Crippen molar-refractivity contribution in [3.8, 4) is 0 Å². The Labute approximate surface area is 147 Å². The number of hydrogen-bond acceptors (Lipinski definition) is 4. The summed E-state index contributed by atoms with van der Waals surface area (Å²) in [6, 6.07) is 7.95. The van der Waals surface area contributed by atoms with Crippen molar-refractivity contribution < 1.29 is 40.7 Å². The van der Waals surface area contributed by atoms with Gasteiger partial charge in [-0.3, -0.25) is 4.79 Å². The highest BCUT2D eigenvalue weighted by Gasteiger charge is 2.27. The first-order valence-corrected chi connectivity index (χ1v) is 7.26. The van der Waals surface area contributed by atoms with Gasteiger partial charge in [0.15, 0.2) is 29.9 Å². The van der Waals surface area contributed by atoms with Crippen LogP contribution in [0.4, 0.5) is 27.6 Å². The number of benzene rings is 2. The molecule has 3 aromatic rings. The molecule has 1 heterocycles. The number of ether oxygens (including phenoxy) is 1. The van der Waals surface area contributed by atoms with Gasteiger partial charge in [0, 0.05) is 5.39 Å². The van der Waals surface area contributed by atoms with Crippen LogP contribution in [-0.4, -0.2) is 18.5 Å². The van der Waals surface area contributed by atoms with Gasteiger partial charge in [0.1, 0.15) is 11.3 Å². The van der Waals surface area contributed by atoms with Crippen LogP contribution in [0, 0.1) is 29.1 Å². The lowest BCUT2D eigenvalue weighted by Crippen LogP contribution is -2.23. The van der Waals surface area contributed by atoms with E-state index in [1.54, 1.807) is 24.3 Å². The van der Waals surface area contributed by atoms with Gasteiger partial charge in [-0.25, -0.2) is 26.7 Å². The molecule has 0 spiro atoms. The fourth-order valence-electron chi connectivity index (χ4n) is 2.17. The molecule has 0 saturated carbocycles. The maximum absolute atomic E-state index is 13.5. The highest BCUT2D eigenvalue weighted by atomic mass is 19.2. The topological polar surface area (TPSA) is 68.5 Å². The van der Waals surface area contributed by atoms with E-state index in [4.69, 9.17) is 4.42 Å². The molecule has 2 aromatic carbocycles. The van der Waals surface area contributed by atoms with E-state index in [0.717, 1.165) is 0 Å². The number of esters is 1. The summed E-state index contributed by atoms with van der Waals surface area (Å²) in [4.78, 5) is 23.5. The Kier molecular flexibility index (Phi) is 4.80. The summed E-state index contributed by atoms with van der Waals surface area (Å²) >= 11 is 0. The quantitative estimate of drug-likeness (QED) is 0.320. The first-order chi connectivity index (χ1) is 12.8. The molecule has 5 nitrogen and oxygen atoms in total. The van der Waals surface area contributed by atoms with Gasteiger partial charge in [0.05, 0.1) is 0 Å². The number of nitrogens with one attached hydrogen (secondary N) is 1. The zero-order valence-electron chi connectivity index (χ0n) is 13.1. The normalized spacial score (nSPS) is 10.9. The van der Waals surface area contributed by atoms with Crippen LogP contribution in [0.3, 0.4) is 0 Å². The lowest BCUT2D eigenvalue weighted by molar-refractivity contribution is -0.119. The van der Waals surface area contributed by atoms with Crippen LogP contribution < -0.4 is 5.32 Å². The van der Waals surface area contributed by atoms with Gasteiger partial charge in [0.2, 0.25) is 11.6 Å². The van der Waals surface area contributed by atoms with Gasteiger partial charge in [0.25, 0.3) is 5.91 Å². The Morgan fingerprint density at radius 1 is 0.926 bits per heavy atom. The smallest absolute Gasteiger partial charge is 0.374 e. The van der Waals surface area contributed by atoms with Crippen LogP contribution >= 0.6 is 0 Å². The second-order valence-electron chi connectivity index (χ2n) is 5.22. The van der Waals surface area contributed by atoms with Crippen molar-refractivity contribution in [1.29, 1.82) is 0 Å². The average molecular weight is 385 g/mol. The van der Waals surface area contributed by atoms with E-state index in [2.05, 4.69) is 4.74 Å². The standard InChI is InChI=1S/C17H8F5NO4/c18-11-12(19)14(21)16(15(22)13(11)20)23-10(24)6-26-17(25)9-5-7-3-1-2-4-8(7)27-9/h1-5H,6H2,(H,23,24). The summed E-state index contributed by atoms with van der Waals surface area (Å²) in [5, 5.41) is 2.07. The highest BCUT2D eigenvalue weighted by Crippen LogP contribution is 2.27. The van der Waals surface area contributed by atoms with Gasteiger partial charge in [-0.05, 0) is 12.1 Å². The summed E-state index contributed by atoms with van der Waals surface area (Å²) in [6.07, 6.45) is 0. The Hall–Kier alpha value is -3.43. The van der Waals surface area contributed by atoms with Crippen LogP contribution in [0.15, 0.2) is 34.7 Å². The first kappa shape index (κ1) is 18.4. The number of carbonyl (C=O) groups is 2. The predicted octanol–water partition coefficient (Wildman–Crippen LogP) is 3.92. The molecule has 0 fully saturated rings. The molecule has 0 radical (unpaired) electrons. The number of rotatable bonds is 4. The zero-order valence-corrected chi connectivity index (χ0v) is 13.1. The number of halogens is 5. The van der Waals surface area contributed by atoms with Crippen LogP contribution in [-0.2, 0) is 9.53 Å². The van der Waals surface area contributed by atoms with E-state index in [-0.39, 0.29) is 5.76 Å². The number of carbonyl (C=O) groups excluding carboxylic acids is 2. The monoisotopic (exact) mass is 385 g/mol. The molecule has 1 aromatic heterocycles. The molecule has 27 heavy (non-hydrogen) atoms. The van der Waals surface area contributed by atoms with E-state index in [1.807, 2.05) is 0 Å². The minimum Gasteiger partial charge on any atom is -0.450 e. The molecule has 0 aliphatic carbocycles. The third kappa shape index (κ3) is 3.46. The Morgan fingerprint density at radius 3 is 2.15 bits per heavy atom. The predicted molar refractivity (Wildman–Crippen MR) is 81.4 cm³/mol. The van der Waals surface area contributed by atoms with Crippen molar-refractivity contribution in [3.05, 3.63) is 65.2 Å². The van der Waals surface area contributed by atoms with Gasteiger partial charge < -0.3 is 14.5 Å². The number of amides is 1. The molecule has 140 valence electrons. The molecule has 1 amide bonds. The number of para-hydroxylation sites is 1. The number of hydrogen-bond donors (Lipinski definition) is 1. The largest absolute Gasteiger partial charge is 0.450 e. The third-order valence-corrected chi connectivity index (χ3v) is 3.44. The van der Waals surface area contributed by atoms with Crippen molar-refractivity contribution in [2.75, 3.05) is 11.9 Å². The Bertz CT molecular complexity index is 1000. The molecule has 0 saturated heterocycles. The SMILES string of the molecule is O=C(COC(=O)c1cc2ccccc2o1)Nc1c(F)c(F)c(F)c(F)c1F. The van der Waals surface area contributed by atoms with E-state index in [1.165, 1.54) is 11.4 Å². The highest BCUT2D eigenvalue weighted by molar-refractivity contribution is 5.96. The lowest BCUT2D eigenvalue weighted by atomic mass is 10.2. The molecule has 0 aliphatic rings. The average Bonchev–Trinajstić information content (AvgIpc) is 3.10. The summed E-state index contributed by atoms with van der Waals surface area (Å²) in [5.74, 6) is -13.8. The molecule has 0 aliphatic heterocycles. The zero-order chi connectivity index (χ0) is 19.7. The molecule has 1 N–H and O–H groups in total. The number of fused-ring (bicyclic) bond motifs is 1. The maximum Gasteiger partial charge on any atom is 0.374 e. The lowest BCUT2D eigenvalue weighted by Gasteiger charge is -2.09. The van der Waals surface area contributed by atoms with Gasteiger partial charge in [-0.15, -0.1) is 0 Å². The van der Waals surface area contributed by atoms with E-state index in [9.17, 15) is 31.5 Å². The third-order valence-electron chi connectivity index (χ3n) is 3.44. The summed E-state index contributed by atoms with van der Waals surface area (Å²) < 4.78 is 75.9. The summed E-state index contributed by atoms with van der Waals surface area (Å²) in [7, 11) is 0. The van der Waals surface area contributed by atoms with Gasteiger partial charge in [-0.2, -0.15) is 0 Å². The molecular weight excluding hydrogens is 377 g/mol. The minimum atomic E-state index is -2.36. The maximum atomic E-state index is 13.5. The fourth-order valence-corrected chi connectivity index (χ4v) is 2.17. The molecule has 0 unspecified atom stereocenters. The van der Waals surface area contributed by atoms with Crippen molar-refractivity contribution in [1.82, 2.24) is 0 Å². The van der Waals surface area contributed by atoms with Crippen LogP contribution in [0.25, 0.3) is 11.0 Å². The van der Waals surface area contributed by atoms with Crippen molar-refractivity contribution in [3.63, 3.8) is 0 Å². The minimum absolute atomic E-state index is 0.236. The molecule has 10 heteroatoms. The molecule has 0 atom stereocenters. The van der Waals surface area contributed by atoms with E-state index in [0.29, 0.717) is 11.0 Å². The summed E-state index contributed by atoms with van der Waals surface area (Å²) in [5.41, 5.74) is -1.16. The Morgan fingerprint density at radius 2 is 1.52 bits per heavy atom. The van der Waals surface area contributed by atoms with Crippen LogP contribution in [0.1, 0.15) is 10.6 Å². The fraction of sp³-hybridized carbons (Fsp3) is 0.0588. The van der Waals surface area contributed by atoms with Crippen LogP contribution in [0.2, 0.25) is 0 Å². The number of furan rings is 1. The van der Waals surface area contributed by atoms with E-state index >= 15 is 0 Å². The summed E-state index contributed by atoms with van der Waals surface area (Å²) in [6.45, 7) is -1.05. The van der Waals surface area contributed by atoms with Gasteiger partial charge >= 0.3 is 5.97 Å². The van der Waals surface area contributed by atoms with Crippen molar-refractivity contribution in [2.45, 2.75) is 0 Å². The molecular formula is C17H8F5NO4. The van der Waals surface area contributed by atoms with Gasteiger partial charge in [-0.1, -0.05) is 18.2 Å². The van der Waals surface area contributed by atoms with Crippen LogP contribution in [0.5, 0.6) is 0 Å². The molecule has 0 bridgehead atoms.